The zero-order valence-corrected chi connectivity index (χ0v) is 15.2. The second kappa shape index (κ2) is 7.81. The maximum absolute atomic E-state index is 3.85. The molecule has 1 saturated carbocycles. The summed E-state index contributed by atoms with van der Waals surface area (Å²) in [5.41, 5.74) is 1.40. The van der Waals surface area contributed by atoms with Gasteiger partial charge in [-0.15, -0.1) is 0 Å². The molecule has 0 amide bonds. The molecule has 2 heteroatoms. The molecular formula is C21H34N2. The summed E-state index contributed by atoms with van der Waals surface area (Å²) in [6.45, 7) is 10.8. The van der Waals surface area contributed by atoms with Crippen LogP contribution in [0.15, 0.2) is 30.3 Å². The summed E-state index contributed by atoms with van der Waals surface area (Å²) >= 11 is 0. The van der Waals surface area contributed by atoms with Crippen LogP contribution in [0.5, 0.6) is 0 Å². The summed E-state index contributed by atoms with van der Waals surface area (Å²) < 4.78 is 0. The first-order chi connectivity index (χ1) is 11.2. The molecule has 0 spiro atoms. The number of rotatable bonds is 7. The van der Waals surface area contributed by atoms with Gasteiger partial charge in [-0.3, -0.25) is 4.90 Å². The molecule has 1 aliphatic heterocycles. The van der Waals surface area contributed by atoms with Crippen LogP contribution in [0.2, 0.25) is 0 Å². The van der Waals surface area contributed by atoms with Gasteiger partial charge in [-0.05, 0) is 49.0 Å². The molecule has 23 heavy (non-hydrogen) atoms. The molecule has 1 aromatic carbocycles. The van der Waals surface area contributed by atoms with Crippen molar-refractivity contribution < 1.29 is 0 Å². The minimum Gasteiger partial charge on any atom is -0.309 e. The van der Waals surface area contributed by atoms with Crippen LogP contribution < -0.4 is 5.32 Å². The van der Waals surface area contributed by atoms with E-state index >= 15 is 0 Å². The van der Waals surface area contributed by atoms with E-state index in [0.717, 1.165) is 30.3 Å². The van der Waals surface area contributed by atoms with Crippen LogP contribution in [0.25, 0.3) is 0 Å². The zero-order valence-electron chi connectivity index (χ0n) is 15.2. The summed E-state index contributed by atoms with van der Waals surface area (Å²) in [5, 5.41) is 3.85. The van der Waals surface area contributed by atoms with Crippen molar-refractivity contribution in [3.63, 3.8) is 0 Å². The quantitative estimate of drug-likeness (QED) is 0.806. The van der Waals surface area contributed by atoms with Crippen molar-refractivity contribution in [3.8, 4) is 0 Å². The summed E-state index contributed by atoms with van der Waals surface area (Å²) in [7, 11) is 0. The van der Waals surface area contributed by atoms with E-state index in [4.69, 9.17) is 0 Å². The number of hydrogen-bond acceptors (Lipinski definition) is 2. The van der Waals surface area contributed by atoms with E-state index in [2.05, 4.69) is 61.3 Å². The third-order valence-electron chi connectivity index (χ3n) is 5.95. The Balaban J connectivity index is 1.61. The average molecular weight is 315 g/mol. The smallest absolute Gasteiger partial charge is 0.0208 e. The fourth-order valence-electron chi connectivity index (χ4n) is 4.30. The van der Waals surface area contributed by atoms with Crippen LogP contribution in [0.1, 0.15) is 52.0 Å². The van der Waals surface area contributed by atoms with Crippen LogP contribution in [0, 0.1) is 17.8 Å². The fraction of sp³-hybridized carbons (Fsp3) is 0.714. The molecule has 128 valence electrons. The van der Waals surface area contributed by atoms with Crippen molar-refractivity contribution in [2.45, 2.75) is 65.1 Å². The monoisotopic (exact) mass is 314 g/mol. The highest BCUT2D eigenvalue weighted by molar-refractivity contribution is 5.14. The van der Waals surface area contributed by atoms with Gasteiger partial charge in [0.15, 0.2) is 0 Å². The number of nitrogens with one attached hydrogen (secondary N) is 1. The SMILES string of the molecule is CCC(C1CC1)N1CC(NCc2ccccc2)CC(C(C)C)C1. The Morgan fingerprint density at radius 2 is 1.83 bits per heavy atom. The Kier molecular flexibility index (Phi) is 5.76. The Hall–Kier alpha value is -0.860. The highest BCUT2D eigenvalue weighted by Crippen LogP contribution is 2.39. The van der Waals surface area contributed by atoms with Crippen molar-refractivity contribution in [2.24, 2.45) is 17.8 Å². The van der Waals surface area contributed by atoms with Crippen LogP contribution in [-0.4, -0.2) is 30.1 Å². The Morgan fingerprint density at radius 3 is 2.43 bits per heavy atom. The van der Waals surface area contributed by atoms with E-state index in [1.807, 2.05) is 0 Å². The van der Waals surface area contributed by atoms with Gasteiger partial charge in [-0.2, -0.15) is 0 Å². The number of piperidine rings is 1. The molecule has 2 fully saturated rings. The highest BCUT2D eigenvalue weighted by atomic mass is 15.2. The van der Waals surface area contributed by atoms with Crippen LogP contribution >= 0.6 is 0 Å². The predicted molar refractivity (Wildman–Crippen MR) is 98.4 cm³/mol. The lowest BCUT2D eigenvalue weighted by molar-refractivity contribution is 0.0666. The first-order valence-corrected chi connectivity index (χ1v) is 9.68. The standard InChI is InChI=1S/C21H34N2/c1-4-21(18-10-11-18)23-14-19(16(2)3)12-20(15-23)22-13-17-8-6-5-7-9-17/h5-9,16,18-22H,4,10-15H2,1-3H3. The van der Waals surface area contributed by atoms with Crippen molar-refractivity contribution in [2.75, 3.05) is 13.1 Å². The van der Waals surface area contributed by atoms with Crippen molar-refractivity contribution >= 4 is 0 Å². The first-order valence-electron chi connectivity index (χ1n) is 9.68. The van der Waals surface area contributed by atoms with E-state index in [1.54, 1.807) is 0 Å². The van der Waals surface area contributed by atoms with Gasteiger partial charge < -0.3 is 5.32 Å². The molecule has 3 atom stereocenters. The summed E-state index contributed by atoms with van der Waals surface area (Å²) in [5.74, 6) is 2.61. The number of nitrogens with zero attached hydrogens (tertiary/aromatic N) is 1. The number of hydrogen-bond donors (Lipinski definition) is 1. The van der Waals surface area contributed by atoms with Gasteiger partial charge in [0.1, 0.15) is 0 Å². The van der Waals surface area contributed by atoms with Crippen molar-refractivity contribution in [1.82, 2.24) is 10.2 Å². The van der Waals surface area contributed by atoms with Gasteiger partial charge in [-0.1, -0.05) is 51.1 Å². The first kappa shape index (κ1) is 17.0. The minimum absolute atomic E-state index is 0.643. The molecule has 3 unspecified atom stereocenters. The Bertz CT molecular complexity index is 466. The molecule has 0 aromatic heterocycles. The van der Waals surface area contributed by atoms with E-state index in [0.29, 0.717) is 6.04 Å². The van der Waals surface area contributed by atoms with Gasteiger partial charge in [0.2, 0.25) is 0 Å². The summed E-state index contributed by atoms with van der Waals surface area (Å²) in [4.78, 5) is 2.83. The summed E-state index contributed by atoms with van der Waals surface area (Å²) in [6, 6.07) is 12.3. The molecule has 2 aliphatic rings. The van der Waals surface area contributed by atoms with Crippen LogP contribution in [-0.2, 0) is 6.54 Å². The van der Waals surface area contributed by atoms with Crippen molar-refractivity contribution in [1.29, 1.82) is 0 Å². The minimum atomic E-state index is 0.643. The molecule has 1 N–H and O–H groups in total. The fourth-order valence-corrected chi connectivity index (χ4v) is 4.30. The molecule has 0 radical (unpaired) electrons. The van der Waals surface area contributed by atoms with E-state index in [9.17, 15) is 0 Å². The Morgan fingerprint density at radius 1 is 1.09 bits per heavy atom. The molecule has 1 aromatic rings. The lowest BCUT2D eigenvalue weighted by atomic mass is 9.84. The third kappa shape index (κ3) is 4.58. The molecule has 1 aliphatic carbocycles. The van der Waals surface area contributed by atoms with Crippen LogP contribution in [0.4, 0.5) is 0 Å². The van der Waals surface area contributed by atoms with Crippen molar-refractivity contribution in [3.05, 3.63) is 35.9 Å². The van der Waals surface area contributed by atoms with E-state index in [-0.39, 0.29) is 0 Å². The Labute approximate surface area is 142 Å². The van der Waals surface area contributed by atoms with Gasteiger partial charge in [-0.25, -0.2) is 0 Å². The molecule has 1 heterocycles. The maximum Gasteiger partial charge on any atom is 0.0208 e. The third-order valence-corrected chi connectivity index (χ3v) is 5.95. The van der Waals surface area contributed by atoms with E-state index in [1.165, 1.54) is 44.3 Å². The van der Waals surface area contributed by atoms with Crippen LogP contribution in [0.3, 0.4) is 0 Å². The lowest BCUT2D eigenvalue weighted by Crippen LogP contribution is -2.53. The maximum atomic E-state index is 3.85. The number of benzene rings is 1. The molecule has 0 bridgehead atoms. The molecule has 1 saturated heterocycles. The molecule has 3 rings (SSSR count). The lowest BCUT2D eigenvalue weighted by Gasteiger charge is -2.43. The van der Waals surface area contributed by atoms with E-state index < -0.39 is 0 Å². The highest BCUT2D eigenvalue weighted by Gasteiger charge is 2.38. The zero-order chi connectivity index (χ0) is 16.2. The largest absolute Gasteiger partial charge is 0.309 e. The average Bonchev–Trinajstić information content (AvgIpc) is 3.39. The second-order valence-corrected chi connectivity index (χ2v) is 8.07. The predicted octanol–water partition coefficient (Wildman–Crippen LogP) is 4.31. The normalized spacial score (nSPS) is 27.3. The second-order valence-electron chi connectivity index (χ2n) is 8.07. The van der Waals surface area contributed by atoms with Gasteiger partial charge in [0.25, 0.3) is 0 Å². The molecule has 2 nitrogen and oxygen atoms in total. The summed E-state index contributed by atoms with van der Waals surface area (Å²) in [6.07, 6.45) is 5.58. The number of likely N-dealkylation sites (tertiary alicyclic amines) is 1. The topological polar surface area (TPSA) is 15.3 Å². The molecular weight excluding hydrogens is 280 g/mol. The van der Waals surface area contributed by atoms with Gasteiger partial charge in [0.05, 0.1) is 0 Å². The van der Waals surface area contributed by atoms with Gasteiger partial charge >= 0.3 is 0 Å². The van der Waals surface area contributed by atoms with Gasteiger partial charge in [0, 0.05) is 31.7 Å².